The van der Waals surface area contributed by atoms with E-state index >= 15 is 0 Å². The molecule has 0 bridgehead atoms. The largest absolute Gasteiger partial charge is 0.465 e. The van der Waals surface area contributed by atoms with E-state index in [1.165, 1.54) is 31.3 Å². The maximum atomic E-state index is 12.7. The zero-order valence-corrected chi connectivity index (χ0v) is 15.7. The van der Waals surface area contributed by atoms with Crippen LogP contribution in [0.15, 0.2) is 12.3 Å². The van der Waals surface area contributed by atoms with Gasteiger partial charge in [-0.25, -0.2) is 9.59 Å². The fourth-order valence-electron chi connectivity index (χ4n) is 2.88. The average molecular weight is 384 g/mol. The van der Waals surface area contributed by atoms with Gasteiger partial charge < -0.3 is 20.1 Å². The third-order valence-corrected chi connectivity index (χ3v) is 4.03. The van der Waals surface area contributed by atoms with Gasteiger partial charge in [-0.15, -0.1) is 0 Å². The second-order valence-corrected chi connectivity index (χ2v) is 5.95. The normalized spacial score (nSPS) is 27.9. The van der Waals surface area contributed by atoms with Crippen molar-refractivity contribution in [1.82, 2.24) is 20.6 Å². The molecule has 2 aliphatic heterocycles. The van der Waals surface area contributed by atoms with Crippen molar-refractivity contribution >= 4 is 23.9 Å². The number of amides is 3. The Kier molecular flexibility index (Phi) is 6.39. The van der Waals surface area contributed by atoms with Crippen molar-refractivity contribution in [2.45, 2.75) is 45.1 Å². The van der Waals surface area contributed by atoms with E-state index in [2.05, 4.69) is 10.6 Å². The van der Waals surface area contributed by atoms with Gasteiger partial charge in [0.05, 0.1) is 13.2 Å². The van der Waals surface area contributed by atoms with Gasteiger partial charge in [-0.1, -0.05) is 0 Å². The number of likely N-dealkylation sites (N-methyl/N-ethyl adjacent to an activating group) is 1. The molecule has 3 amide bonds. The van der Waals surface area contributed by atoms with E-state index < -0.39 is 35.9 Å². The van der Waals surface area contributed by atoms with Crippen LogP contribution < -0.4 is 10.6 Å². The van der Waals surface area contributed by atoms with Crippen molar-refractivity contribution in [3.63, 3.8) is 0 Å². The lowest BCUT2D eigenvalue weighted by molar-refractivity contribution is -0.238. The second-order valence-electron chi connectivity index (χ2n) is 5.95. The van der Waals surface area contributed by atoms with E-state index in [9.17, 15) is 19.2 Å². The maximum Gasteiger partial charge on any atom is 0.362 e. The van der Waals surface area contributed by atoms with Crippen LogP contribution in [0.1, 0.15) is 27.2 Å². The van der Waals surface area contributed by atoms with Crippen LogP contribution in [0.5, 0.6) is 0 Å². The molecule has 2 heterocycles. The summed E-state index contributed by atoms with van der Waals surface area (Å²) < 4.78 is 10.1. The van der Waals surface area contributed by atoms with E-state index in [1.807, 2.05) is 0 Å². The summed E-state index contributed by atoms with van der Waals surface area (Å²) in [5.74, 6) is -1.73. The number of ether oxygens (including phenoxy) is 2. The van der Waals surface area contributed by atoms with Crippen LogP contribution >= 0.6 is 0 Å². The van der Waals surface area contributed by atoms with E-state index in [4.69, 9.17) is 14.3 Å². The molecule has 1 unspecified atom stereocenters. The smallest absolute Gasteiger partial charge is 0.362 e. The Bertz CT molecular complexity index is 653. The predicted molar refractivity (Wildman–Crippen MR) is 90.4 cm³/mol. The average Bonchev–Trinajstić information content (AvgIpc) is 2.93. The number of hydrogen-bond acceptors (Lipinski definition) is 8. The van der Waals surface area contributed by atoms with Gasteiger partial charge in [0.1, 0.15) is 12.2 Å². The number of esters is 2. The summed E-state index contributed by atoms with van der Waals surface area (Å²) in [4.78, 5) is 55.3. The lowest BCUT2D eigenvalue weighted by Crippen LogP contribution is -2.62. The number of nitrogens with zero attached hydrogens (tertiary/aromatic N) is 2. The van der Waals surface area contributed by atoms with E-state index in [1.54, 1.807) is 13.8 Å². The first-order chi connectivity index (χ1) is 12.7. The van der Waals surface area contributed by atoms with Gasteiger partial charge >= 0.3 is 18.0 Å². The molecule has 2 rings (SSSR count). The summed E-state index contributed by atoms with van der Waals surface area (Å²) in [6.07, 6.45) is 1.89. The first kappa shape index (κ1) is 20.6. The van der Waals surface area contributed by atoms with Gasteiger partial charge in [0.15, 0.2) is 0 Å². The summed E-state index contributed by atoms with van der Waals surface area (Å²) in [6, 6.07) is -1.59. The van der Waals surface area contributed by atoms with Gasteiger partial charge in [-0.2, -0.15) is 5.06 Å². The number of carbonyl (C=O) groups is 4. The second kappa shape index (κ2) is 8.35. The Labute approximate surface area is 156 Å². The van der Waals surface area contributed by atoms with Gasteiger partial charge in [0, 0.05) is 26.6 Å². The lowest BCUT2D eigenvalue weighted by atomic mass is 10.0. The third-order valence-electron chi connectivity index (χ3n) is 4.03. The van der Waals surface area contributed by atoms with E-state index in [0.29, 0.717) is 0 Å². The van der Waals surface area contributed by atoms with Crippen molar-refractivity contribution in [2.75, 3.05) is 20.3 Å². The number of hydrogen-bond donors (Lipinski definition) is 2. The number of carbonyl (C=O) groups excluding carboxylic acids is 4. The molecule has 0 radical (unpaired) electrons. The van der Waals surface area contributed by atoms with E-state index in [-0.39, 0.29) is 25.5 Å². The van der Waals surface area contributed by atoms with Gasteiger partial charge in [-0.05, 0) is 19.9 Å². The summed E-state index contributed by atoms with van der Waals surface area (Å²) >= 11 is 0. The molecule has 150 valence electrons. The van der Waals surface area contributed by atoms with E-state index in [0.717, 1.165) is 4.90 Å². The standard InChI is InChI=1S/C16H24N4O7/c1-5-25-13(22)11-9-16(27-19(11)4,14(23)26-6-2)20-8-7-12(17-10(3)21)18-15(20)24/h7-8,11-12H,5-6,9H2,1-4H3,(H,17,21)(H,18,24)/t11-,12?,16+/m1/s1. The van der Waals surface area contributed by atoms with Crippen LogP contribution in [-0.4, -0.2) is 72.0 Å². The molecule has 11 heteroatoms. The zero-order valence-electron chi connectivity index (χ0n) is 15.7. The molecule has 0 aromatic carbocycles. The highest BCUT2D eigenvalue weighted by atomic mass is 16.7. The van der Waals surface area contributed by atoms with Crippen molar-refractivity contribution in [1.29, 1.82) is 0 Å². The Hall–Kier alpha value is -2.66. The molecule has 0 saturated carbocycles. The molecular weight excluding hydrogens is 360 g/mol. The van der Waals surface area contributed by atoms with Crippen LogP contribution in [0.3, 0.4) is 0 Å². The highest BCUT2D eigenvalue weighted by Gasteiger charge is 2.59. The topological polar surface area (TPSA) is 127 Å². The fraction of sp³-hybridized carbons (Fsp3) is 0.625. The zero-order chi connectivity index (χ0) is 20.2. The Balaban J connectivity index is 2.33. The fourth-order valence-corrected chi connectivity index (χ4v) is 2.88. The molecule has 0 spiro atoms. The number of rotatable bonds is 6. The monoisotopic (exact) mass is 384 g/mol. The molecular formula is C16H24N4O7. The summed E-state index contributed by atoms with van der Waals surface area (Å²) in [6.45, 7) is 4.82. The number of urea groups is 1. The summed E-state index contributed by atoms with van der Waals surface area (Å²) in [5, 5.41) is 6.22. The van der Waals surface area contributed by atoms with Crippen LogP contribution in [0.4, 0.5) is 4.79 Å². The predicted octanol–water partition coefficient (Wildman–Crippen LogP) is -0.554. The van der Waals surface area contributed by atoms with Gasteiger partial charge in [0.25, 0.3) is 5.72 Å². The molecule has 11 nitrogen and oxygen atoms in total. The Morgan fingerprint density at radius 3 is 2.56 bits per heavy atom. The molecule has 2 aliphatic rings. The molecule has 27 heavy (non-hydrogen) atoms. The first-order valence-corrected chi connectivity index (χ1v) is 8.56. The molecule has 1 saturated heterocycles. The quantitative estimate of drug-likeness (QED) is 0.584. The molecule has 0 aliphatic carbocycles. The summed E-state index contributed by atoms with van der Waals surface area (Å²) in [5.41, 5.74) is -1.87. The lowest BCUT2D eigenvalue weighted by Gasteiger charge is -2.38. The number of nitrogens with one attached hydrogen (secondary N) is 2. The minimum absolute atomic E-state index is 0.0609. The van der Waals surface area contributed by atoms with Crippen LogP contribution in [0, 0.1) is 0 Å². The van der Waals surface area contributed by atoms with Crippen LogP contribution in [-0.2, 0) is 28.7 Å². The molecule has 3 atom stereocenters. The van der Waals surface area contributed by atoms with Crippen molar-refractivity contribution in [3.05, 3.63) is 12.3 Å². The third kappa shape index (κ3) is 4.19. The minimum atomic E-state index is -1.87. The minimum Gasteiger partial charge on any atom is -0.465 e. The van der Waals surface area contributed by atoms with Crippen LogP contribution in [0.2, 0.25) is 0 Å². The van der Waals surface area contributed by atoms with Crippen molar-refractivity contribution in [3.8, 4) is 0 Å². The molecule has 0 aromatic rings. The Morgan fingerprint density at radius 2 is 2.00 bits per heavy atom. The Morgan fingerprint density at radius 1 is 1.33 bits per heavy atom. The molecule has 1 fully saturated rings. The van der Waals surface area contributed by atoms with Gasteiger partial charge in [-0.3, -0.25) is 19.3 Å². The highest BCUT2D eigenvalue weighted by molar-refractivity contribution is 5.89. The molecule has 0 aromatic heterocycles. The van der Waals surface area contributed by atoms with Gasteiger partial charge in [0.2, 0.25) is 5.91 Å². The first-order valence-electron chi connectivity index (χ1n) is 8.56. The number of hydroxylamine groups is 2. The SMILES string of the molecule is CCOC(=O)[C@H]1C[C@](C(=O)OCC)(N2C=CC(NC(C)=O)NC2=O)ON1C. The van der Waals surface area contributed by atoms with Crippen LogP contribution in [0.25, 0.3) is 0 Å². The maximum absolute atomic E-state index is 12.7. The summed E-state index contributed by atoms with van der Waals surface area (Å²) in [7, 11) is 1.47. The van der Waals surface area contributed by atoms with Crippen molar-refractivity contribution < 1.29 is 33.5 Å². The van der Waals surface area contributed by atoms with Crippen molar-refractivity contribution in [2.24, 2.45) is 0 Å². The highest BCUT2D eigenvalue weighted by Crippen LogP contribution is 2.36. The molecule has 2 N–H and O–H groups in total.